The fourth-order valence-electron chi connectivity index (χ4n) is 22.5. The second-order valence-corrected chi connectivity index (χ2v) is 38.1. The van der Waals surface area contributed by atoms with E-state index in [9.17, 15) is 46.7 Å². The third-order valence-electron chi connectivity index (χ3n) is 29.9. The Morgan fingerprint density at radius 3 is 0.967 bits per heavy atom. The van der Waals surface area contributed by atoms with E-state index in [0.29, 0.717) is 110 Å². The van der Waals surface area contributed by atoms with Gasteiger partial charge in [0.25, 0.3) is 5.92 Å². The summed E-state index contributed by atoms with van der Waals surface area (Å²) >= 11 is 0. The molecule has 7 amide bonds. The van der Waals surface area contributed by atoms with E-state index in [-0.39, 0.29) is 67.2 Å². The Balaban J connectivity index is 0.000000162. The summed E-state index contributed by atoms with van der Waals surface area (Å²) in [5.41, 5.74) is 1.02. The van der Waals surface area contributed by atoms with Crippen molar-refractivity contribution in [3.05, 3.63) is 30.1 Å². The highest BCUT2D eigenvalue weighted by Crippen LogP contribution is 2.41. The van der Waals surface area contributed by atoms with Gasteiger partial charge in [0.2, 0.25) is 17.7 Å². The molecule has 0 N–H and O–H groups in total. The molecule has 29 heteroatoms. The van der Waals surface area contributed by atoms with E-state index >= 15 is 0 Å². The fraction of sp³-hybridized carbons (Fsp3) is 0.871. The van der Waals surface area contributed by atoms with Crippen molar-refractivity contribution in [2.75, 3.05) is 215 Å². The van der Waals surface area contributed by atoms with Gasteiger partial charge in [-0.1, -0.05) is 19.9 Å². The van der Waals surface area contributed by atoms with Crippen molar-refractivity contribution in [2.45, 2.75) is 268 Å². The molecule has 14 fully saturated rings. The van der Waals surface area contributed by atoms with Crippen LogP contribution in [-0.4, -0.2) is 385 Å². The number of likely N-dealkylation sites (tertiary alicyclic amines) is 14. The van der Waals surface area contributed by atoms with Crippen molar-refractivity contribution in [1.82, 2.24) is 73.6 Å². The maximum absolute atomic E-state index is 13.6. The summed E-state index contributed by atoms with van der Waals surface area (Å²) in [7, 11) is 19.5. The molecule has 14 saturated heterocycles. The maximum atomic E-state index is 13.6. The van der Waals surface area contributed by atoms with Crippen molar-refractivity contribution in [2.24, 2.45) is 41.4 Å². The minimum absolute atomic E-state index is 0.103. The van der Waals surface area contributed by atoms with Crippen LogP contribution in [0.1, 0.15) is 213 Å². The Bertz CT molecular complexity index is 3130. The van der Waals surface area contributed by atoms with Crippen LogP contribution in [0.3, 0.4) is 0 Å². The van der Waals surface area contributed by atoms with Crippen molar-refractivity contribution in [3.63, 3.8) is 0 Å². The topological polar surface area (TPSA) is 215 Å². The van der Waals surface area contributed by atoms with E-state index in [0.717, 1.165) is 200 Å². The molecule has 0 bridgehead atoms. The van der Waals surface area contributed by atoms with Gasteiger partial charge in [-0.25, -0.2) is 32.3 Å². The molecule has 122 heavy (non-hydrogen) atoms. The zero-order chi connectivity index (χ0) is 88.0. The first kappa shape index (κ1) is 99.9. The lowest BCUT2D eigenvalue weighted by Crippen LogP contribution is -2.44. The number of ether oxygens (including phenoxy) is 4. The molecule has 14 aliphatic rings. The third-order valence-corrected chi connectivity index (χ3v) is 29.9. The molecule has 0 radical (unpaired) electrons. The molecule has 0 saturated carbocycles. The van der Waals surface area contributed by atoms with Gasteiger partial charge in [0, 0.05) is 119 Å². The predicted octanol–water partition coefficient (Wildman–Crippen LogP) is 12.6. The number of methoxy groups -OCH3 is 3. The van der Waals surface area contributed by atoms with E-state index in [4.69, 9.17) is 18.9 Å². The Hall–Kier alpha value is -5.85. The van der Waals surface area contributed by atoms with Crippen LogP contribution >= 0.6 is 0 Å². The molecule has 0 aromatic carbocycles. The lowest BCUT2D eigenvalue weighted by Gasteiger charge is -2.37. The molecule has 26 nitrogen and oxygen atoms in total. The first-order valence-corrected chi connectivity index (χ1v) is 47.7. The van der Waals surface area contributed by atoms with Gasteiger partial charge >= 0.3 is 24.4 Å². The molecule has 15 heterocycles. The maximum Gasteiger partial charge on any atom is 0.410 e. The van der Waals surface area contributed by atoms with Crippen LogP contribution in [0, 0.1) is 41.4 Å². The van der Waals surface area contributed by atoms with E-state index in [1.807, 2.05) is 51.6 Å². The number of hydrogen-bond acceptors (Lipinski definition) is 19. The summed E-state index contributed by atoms with van der Waals surface area (Å²) in [6.07, 6.45) is 30.8. The second-order valence-electron chi connectivity index (χ2n) is 38.1. The summed E-state index contributed by atoms with van der Waals surface area (Å²) < 4.78 is 60.4. The smallest absolute Gasteiger partial charge is 0.410 e. The molecule has 14 aliphatic heterocycles. The minimum atomic E-state index is -2.70. The number of halogens is 3. The van der Waals surface area contributed by atoms with Crippen LogP contribution in [0.2, 0.25) is 0 Å². The summed E-state index contributed by atoms with van der Waals surface area (Å²) in [6.45, 7) is 26.1. The van der Waals surface area contributed by atoms with Gasteiger partial charge in [-0.2, -0.15) is 0 Å². The van der Waals surface area contributed by atoms with Crippen LogP contribution in [0.15, 0.2) is 24.4 Å². The number of aryl methyl sites for hydroxylation is 1. The van der Waals surface area contributed by atoms with Crippen molar-refractivity contribution >= 4 is 42.1 Å². The van der Waals surface area contributed by atoms with Crippen LogP contribution in [-0.2, 0) is 39.8 Å². The summed E-state index contributed by atoms with van der Waals surface area (Å²) in [6, 6.07) is 8.04. The molecule has 8 atom stereocenters. The first-order chi connectivity index (χ1) is 58.7. The van der Waals surface area contributed by atoms with Crippen LogP contribution in [0.4, 0.5) is 32.3 Å². The molecular formula is C93H162F3N15O11. The molecule has 2 unspecified atom stereocenters. The highest BCUT2D eigenvalue weighted by Gasteiger charge is 2.50. The summed E-state index contributed by atoms with van der Waals surface area (Å²) in [4.78, 5) is 117. The zero-order valence-corrected chi connectivity index (χ0v) is 77.6. The molecule has 0 spiro atoms. The van der Waals surface area contributed by atoms with E-state index in [1.165, 1.54) is 116 Å². The van der Waals surface area contributed by atoms with Gasteiger partial charge in [-0.05, 0) is 362 Å². The largest absolute Gasteiger partial charge is 0.453 e. The molecule has 15 rings (SSSR count). The van der Waals surface area contributed by atoms with Crippen LogP contribution < -0.4 is 0 Å². The zero-order valence-electron chi connectivity index (χ0n) is 77.6. The number of alkyl halides is 3. The van der Waals surface area contributed by atoms with Crippen molar-refractivity contribution in [1.29, 1.82) is 0 Å². The number of rotatable bonds is 13. The molecule has 1 aromatic rings. The van der Waals surface area contributed by atoms with E-state index in [2.05, 4.69) is 93.5 Å². The highest BCUT2D eigenvalue weighted by molar-refractivity contribution is 5.78. The number of pyridine rings is 1. The number of nitrogens with zero attached hydrogens (tertiary/aromatic N) is 15. The molecular weight excluding hydrogens is 1560 g/mol. The van der Waals surface area contributed by atoms with Crippen LogP contribution in [0.5, 0.6) is 0 Å². The Morgan fingerprint density at radius 1 is 0.369 bits per heavy atom. The Labute approximate surface area is 731 Å². The van der Waals surface area contributed by atoms with Gasteiger partial charge in [-0.15, -0.1) is 0 Å². The highest BCUT2D eigenvalue weighted by atomic mass is 19.3. The average Bonchev–Trinajstić information content (AvgIpc) is 1.65. The summed E-state index contributed by atoms with van der Waals surface area (Å²) in [5.74, 6) is 1.78. The number of carbonyl (C=O) groups is 7. The van der Waals surface area contributed by atoms with E-state index < -0.39 is 12.1 Å². The lowest BCUT2D eigenvalue weighted by molar-refractivity contribution is -0.134. The lowest BCUT2D eigenvalue weighted by atomic mass is 9.87. The van der Waals surface area contributed by atoms with Gasteiger partial charge in [-0.3, -0.25) is 19.4 Å². The van der Waals surface area contributed by atoms with E-state index in [1.54, 1.807) is 18.0 Å². The second kappa shape index (κ2) is 50.6. The fourth-order valence-corrected chi connectivity index (χ4v) is 22.5. The van der Waals surface area contributed by atoms with Crippen LogP contribution in [0.25, 0.3) is 0 Å². The van der Waals surface area contributed by atoms with Gasteiger partial charge < -0.3 is 87.5 Å². The minimum Gasteiger partial charge on any atom is -0.453 e. The number of piperidine rings is 7. The van der Waals surface area contributed by atoms with Gasteiger partial charge in [0.05, 0.1) is 41.0 Å². The Morgan fingerprint density at radius 2 is 0.664 bits per heavy atom. The first-order valence-electron chi connectivity index (χ1n) is 47.7. The van der Waals surface area contributed by atoms with Gasteiger partial charge in [0.15, 0.2) is 0 Å². The third kappa shape index (κ3) is 29.6. The monoisotopic (exact) mass is 1720 g/mol. The predicted molar refractivity (Wildman–Crippen MR) is 473 cm³/mol. The normalized spacial score (nSPS) is 28.1. The number of hydrogen-bond donors (Lipinski definition) is 0. The van der Waals surface area contributed by atoms with Crippen molar-refractivity contribution in [3.8, 4) is 0 Å². The standard InChI is InChI=1S/C18H27N3O.C13H22F2N2O.C13H23FN2O.C13H24N2O2.3C12H22N2O2/c1-20-13-9-15(10-14-20)17-6-4-12-21(17)18(22)8-7-16-5-2-3-11-19-16;1-3-12(18)17-9-13(14,15)8-11(17)10-4-6-16(2)7-5-10;1-3-13(17)16-9-11(14)8-12(16)10-4-6-15(2)7-5-10;1-3-17-13(16)15-8-4-5-12(15)11-6-9-14(2)10-7-11;3*1-13-8-5-10(6-9-13)11-4-3-7-14(11)12(15)16-2/h2-3,5,11,15,17H,4,6-10,12-14H2,1H3;10-11H,3-9H2,1-2H3;10-12H,3-9H2,1-2H3;11-12H,3-10H2,1-2H3;3*10-11H,3-9H2,1-2H3/t17-;11-;11-,12-;;2*11-;/m000.10./s1. The Kier molecular flexibility index (Phi) is 41.5. The molecule has 696 valence electrons. The van der Waals surface area contributed by atoms with Gasteiger partial charge in [0.1, 0.15) is 6.17 Å². The molecule has 1 aromatic heterocycles. The SMILES string of the molecule is CCC(=O)N1CC(F)(F)C[C@H]1C1CCN(C)CC1.CCC(=O)N1C[C@@H](F)C[C@H]1C1CCN(C)CC1.CCOC(=O)N1CCCC1C1CCN(C)CC1.CN1CCC([C@@H]2CCCN2C(=O)CCc2ccccn2)CC1.COC(=O)N1CCCC1C1CCN(C)CC1.COC(=O)N1CCC[C@@H]1C1CCN(C)CC1.COC(=O)N1CCC[C@H]1C1CCN(C)CC1. The quantitative estimate of drug-likeness (QED) is 0.168. The summed E-state index contributed by atoms with van der Waals surface area (Å²) in [5, 5.41) is 0. The molecule has 0 aliphatic carbocycles. The van der Waals surface area contributed by atoms with Crippen molar-refractivity contribution < 1.29 is 65.7 Å². The number of aromatic nitrogens is 1. The number of carbonyl (C=O) groups excluding carboxylic acids is 7. The number of amides is 7. The average molecular weight is 1720 g/mol.